The maximum Gasteiger partial charge on any atom is 0.319 e. The number of hydrogen-bond donors (Lipinski definition) is 3. The van der Waals surface area contributed by atoms with E-state index in [0.717, 1.165) is 5.56 Å². The van der Waals surface area contributed by atoms with Crippen LogP contribution in [0.5, 0.6) is 0 Å². The number of carbonyl (C=O) groups is 1. The van der Waals surface area contributed by atoms with Crippen molar-refractivity contribution in [2.75, 3.05) is 11.9 Å². The number of nitrogens with one attached hydrogen (secondary N) is 2. The Kier molecular flexibility index (Phi) is 4.35. The lowest BCUT2D eigenvalue weighted by Gasteiger charge is -2.21. The molecule has 0 bridgehead atoms. The molecule has 3 aromatic rings. The molecule has 0 fully saturated rings. The van der Waals surface area contributed by atoms with Crippen LogP contribution in [0.2, 0.25) is 0 Å². The number of aliphatic hydroxyl groups is 1. The Morgan fingerprint density at radius 2 is 2.00 bits per heavy atom. The molecular formula is C17H17N3O4. The number of aromatic nitrogens is 1. The van der Waals surface area contributed by atoms with Crippen LogP contribution < -0.4 is 10.6 Å². The first-order valence-corrected chi connectivity index (χ1v) is 7.36. The molecule has 2 aromatic heterocycles. The molecule has 2 heterocycles. The van der Waals surface area contributed by atoms with E-state index in [1.165, 1.54) is 12.5 Å². The zero-order chi connectivity index (χ0) is 17.0. The Morgan fingerprint density at radius 1 is 1.21 bits per heavy atom. The number of oxazole rings is 1. The fraction of sp³-hybridized carbons (Fsp3) is 0.176. The highest BCUT2D eigenvalue weighted by Crippen LogP contribution is 2.21. The van der Waals surface area contributed by atoms with E-state index in [9.17, 15) is 9.90 Å². The molecule has 24 heavy (non-hydrogen) atoms. The van der Waals surface area contributed by atoms with Gasteiger partial charge in [0.1, 0.15) is 17.6 Å². The maximum atomic E-state index is 11.9. The van der Waals surface area contributed by atoms with E-state index in [4.69, 9.17) is 8.83 Å². The zero-order valence-corrected chi connectivity index (χ0v) is 13.0. The number of benzene rings is 1. The summed E-state index contributed by atoms with van der Waals surface area (Å²) in [6.45, 7) is 1.58. The second kappa shape index (κ2) is 6.59. The lowest BCUT2D eigenvalue weighted by atomic mass is 10.0. The molecule has 0 saturated heterocycles. The van der Waals surface area contributed by atoms with Gasteiger partial charge in [-0.2, -0.15) is 0 Å². The van der Waals surface area contributed by atoms with Crippen molar-refractivity contribution in [3.8, 4) is 11.5 Å². The standard InChI is InChI=1S/C17H17N3O4/c1-17(22,14-3-2-9-23-14)11-19-16(21)20-13-6-4-12(5-7-13)15-18-8-10-24-15/h2-10,22H,11H2,1H3,(H2,19,20,21). The monoisotopic (exact) mass is 327 g/mol. The van der Waals surface area contributed by atoms with Gasteiger partial charge >= 0.3 is 6.03 Å². The second-order valence-electron chi connectivity index (χ2n) is 5.47. The van der Waals surface area contributed by atoms with Crippen LogP contribution in [0.15, 0.2) is 64.0 Å². The quantitative estimate of drug-likeness (QED) is 0.669. The highest BCUT2D eigenvalue weighted by Gasteiger charge is 2.26. The van der Waals surface area contributed by atoms with Gasteiger partial charge in [-0.15, -0.1) is 0 Å². The highest BCUT2D eigenvalue weighted by molar-refractivity contribution is 5.89. The molecule has 0 aliphatic carbocycles. The minimum absolute atomic E-state index is 0.0146. The van der Waals surface area contributed by atoms with Crippen LogP contribution in [0.4, 0.5) is 10.5 Å². The van der Waals surface area contributed by atoms with Gasteiger partial charge in [-0.3, -0.25) is 0 Å². The number of hydrogen-bond acceptors (Lipinski definition) is 5. The lowest BCUT2D eigenvalue weighted by Crippen LogP contribution is -2.40. The second-order valence-corrected chi connectivity index (χ2v) is 5.47. The molecule has 7 heteroatoms. The first-order valence-electron chi connectivity index (χ1n) is 7.36. The van der Waals surface area contributed by atoms with E-state index in [2.05, 4.69) is 15.6 Å². The largest absolute Gasteiger partial charge is 0.466 e. The van der Waals surface area contributed by atoms with Crippen LogP contribution in [0.3, 0.4) is 0 Å². The molecule has 124 valence electrons. The topological polar surface area (TPSA) is 101 Å². The van der Waals surface area contributed by atoms with Crippen molar-refractivity contribution in [3.05, 3.63) is 60.9 Å². The van der Waals surface area contributed by atoms with Crippen molar-refractivity contribution < 1.29 is 18.7 Å². The average Bonchev–Trinajstić information content (AvgIpc) is 3.27. The Labute approximate surface area is 138 Å². The summed E-state index contributed by atoms with van der Waals surface area (Å²) in [5.74, 6) is 0.901. The van der Waals surface area contributed by atoms with Crippen LogP contribution in [0, 0.1) is 0 Å². The van der Waals surface area contributed by atoms with Crippen molar-refractivity contribution in [2.24, 2.45) is 0 Å². The molecule has 0 aliphatic rings. The fourth-order valence-corrected chi connectivity index (χ4v) is 2.16. The highest BCUT2D eigenvalue weighted by atomic mass is 16.4. The molecule has 0 spiro atoms. The van der Waals surface area contributed by atoms with Crippen molar-refractivity contribution in [2.45, 2.75) is 12.5 Å². The molecule has 7 nitrogen and oxygen atoms in total. The summed E-state index contributed by atoms with van der Waals surface area (Å²) in [5, 5.41) is 15.6. The Morgan fingerprint density at radius 3 is 2.62 bits per heavy atom. The summed E-state index contributed by atoms with van der Waals surface area (Å²) in [7, 11) is 0. The van der Waals surface area contributed by atoms with Gasteiger partial charge in [-0.25, -0.2) is 9.78 Å². The molecule has 3 N–H and O–H groups in total. The summed E-state index contributed by atoms with van der Waals surface area (Å²) < 4.78 is 10.4. The summed E-state index contributed by atoms with van der Waals surface area (Å²) in [6, 6.07) is 9.97. The Bertz CT molecular complexity index is 778. The van der Waals surface area contributed by atoms with Gasteiger partial charge in [0, 0.05) is 11.3 Å². The van der Waals surface area contributed by atoms with Crippen molar-refractivity contribution >= 4 is 11.7 Å². The molecule has 0 radical (unpaired) electrons. The number of rotatable bonds is 5. The molecule has 1 unspecified atom stereocenters. The number of carbonyl (C=O) groups excluding carboxylic acids is 1. The number of urea groups is 1. The van der Waals surface area contributed by atoms with Gasteiger partial charge in [0.05, 0.1) is 19.0 Å². The van der Waals surface area contributed by atoms with Crippen LogP contribution >= 0.6 is 0 Å². The minimum Gasteiger partial charge on any atom is -0.466 e. The Balaban J connectivity index is 1.55. The minimum atomic E-state index is -1.28. The number of furan rings is 1. The maximum absolute atomic E-state index is 11.9. The fourth-order valence-electron chi connectivity index (χ4n) is 2.16. The lowest BCUT2D eigenvalue weighted by molar-refractivity contribution is 0.0372. The van der Waals surface area contributed by atoms with Crippen LogP contribution in [-0.4, -0.2) is 22.7 Å². The third-order valence-electron chi connectivity index (χ3n) is 3.47. The molecule has 2 amide bonds. The van der Waals surface area contributed by atoms with Gasteiger partial charge in [-0.05, 0) is 43.3 Å². The van der Waals surface area contributed by atoms with E-state index in [0.29, 0.717) is 17.3 Å². The normalized spacial score (nSPS) is 13.2. The predicted octanol–water partition coefficient (Wildman–Crippen LogP) is 2.96. The van der Waals surface area contributed by atoms with E-state index in [1.54, 1.807) is 49.5 Å². The average molecular weight is 327 g/mol. The van der Waals surface area contributed by atoms with E-state index in [1.807, 2.05) is 0 Å². The summed E-state index contributed by atoms with van der Waals surface area (Å²) in [6.07, 6.45) is 4.54. The zero-order valence-electron chi connectivity index (χ0n) is 13.0. The number of nitrogens with zero attached hydrogens (tertiary/aromatic N) is 1. The molecule has 1 atom stereocenters. The molecular weight excluding hydrogens is 310 g/mol. The third kappa shape index (κ3) is 3.64. The van der Waals surface area contributed by atoms with Gasteiger partial charge in [-0.1, -0.05) is 0 Å². The summed E-state index contributed by atoms with van der Waals surface area (Å²) in [5.41, 5.74) is 0.141. The van der Waals surface area contributed by atoms with Gasteiger partial charge in [0.2, 0.25) is 5.89 Å². The molecule has 0 aliphatic heterocycles. The smallest absolute Gasteiger partial charge is 0.319 e. The van der Waals surface area contributed by atoms with Gasteiger partial charge in [0.25, 0.3) is 0 Å². The van der Waals surface area contributed by atoms with Crippen LogP contribution in [-0.2, 0) is 5.60 Å². The third-order valence-corrected chi connectivity index (χ3v) is 3.47. The van der Waals surface area contributed by atoms with Gasteiger partial charge < -0.3 is 24.6 Å². The van der Waals surface area contributed by atoms with Crippen LogP contribution in [0.1, 0.15) is 12.7 Å². The van der Waals surface area contributed by atoms with Crippen molar-refractivity contribution in [1.82, 2.24) is 10.3 Å². The first-order chi connectivity index (χ1) is 11.5. The van der Waals surface area contributed by atoms with E-state index >= 15 is 0 Å². The van der Waals surface area contributed by atoms with E-state index < -0.39 is 11.6 Å². The summed E-state index contributed by atoms with van der Waals surface area (Å²) in [4.78, 5) is 16.0. The van der Waals surface area contributed by atoms with Crippen molar-refractivity contribution in [3.63, 3.8) is 0 Å². The SMILES string of the molecule is CC(O)(CNC(=O)Nc1ccc(-c2ncco2)cc1)c1ccco1. The molecule has 1 aromatic carbocycles. The van der Waals surface area contributed by atoms with Gasteiger partial charge in [0.15, 0.2) is 0 Å². The van der Waals surface area contributed by atoms with Crippen LogP contribution in [0.25, 0.3) is 11.5 Å². The van der Waals surface area contributed by atoms with E-state index in [-0.39, 0.29) is 6.54 Å². The number of amides is 2. The molecule has 0 saturated carbocycles. The van der Waals surface area contributed by atoms with Crippen molar-refractivity contribution in [1.29, 1.82) is 0 Å². The summed E-state index contributed by atoms with van der Waals surface area (Å²) >= 11 is 0. The predicted molar refractivity (Wildman–Crippen MR) is 87.2 cm³/mol. The first kappa shape index (κ1) is 15.8. The Hall–Kier alpha value is -3.06. The molecule has 3 rings (SSSR count). The number of anilines is 1.